The molecule has 138 valence electrons. The molecular weight excluding hydrogens is 332 g/mol. The minimum Gasteiger partial charge on any atom is -0.633 e. The lowest BCUT2D eigenvalue weighted by Gasteiger charge is -2.58. The third kappa shape index (κ3) is 1.75. The first-order valence-electron chi connectivity index (χ1n) is 9.37. The number of fused-ring (bicyclic) bond motifs is 2. The van der Waals surface area contributed by atoms with Crippen LogP contribution in [0.2, 0.25) is 0 Å². The third-order valence-corrected chi connectivity index (χ3v) is 7.31. The molecule has 1 aromatic rings. The summed E-state index contributed by atoms with van der Waals surface area (Å²) in [6.45, 7) is 2.62. The highest BCUT2D eigenvalue weighted by Gasteiger charge is 2.68. The number of quaternary nitrogens is 1. The van der Waals surface area contributed by atoms with Crippen LogP contribution in [-0.4, -0.2) is 48.1 Å². The van der Waals surface area contributed by atoms with Crippen LogP contribution < -0.4 is 5.32 Å². The van der Waals surface area contributed by atoms with E-state index in [4.69, 9.17) is 4.74 Å². The molecule has 6 nitrogen and oxygen atoms in total. The number of anilines is 1. The predicted molar refractivity (Wildman–Crippen MR) is 95.8 cm³/mol. The summed E-state index contributed by atoms with van der Waals surface area (Å²) in [5.41, 5.74) is 3.18. The maximum absolute atomic E-state index is 13.7. The van der Waals surface area contributed by atoms with Crippen molar-refractivity contribution in [2.75, 3.05) is 25.5 Å². The molecule has 2 fully saturated rings. The quantitative estimate of drug-likeness (QED) is 0.480. The van der Waals surface area contributed by atoms with Gasteiger partial charge in [0.1, 0.15) is 6.04 Å². The molecule has 1 aliphatic carbocycles. The van der Waals surface area contributed by atoms with Crippen LogP contribution in [0.25, 0.3) is 0 Å². The van der Waals surface area contributed by atoms with Crippen molar-refractivity contribution in [1.29, 1.82) is 0 Å². The van der Waals surface area contributed by atoms with Crippen LogP contribution >= 0.6 is 0 Å². The van der Waals surface area contributed by atoms with Gasteiger partial charge in [-0.05, 0) is 18.6 Å². The Balaban J connectivity index is 1.80. The number of aliphatic hydroxyl groups is 1. The molecule has 0 amide bonds. The van der Waals surface area contributed by atoms with Crippen molar-refractivity contribution < 1.29 is 19.3 Å². The van der Waals surface area contributed by atoms with Crippen molar-refractivity contribution in [3.05, 3.63) is 46.3 Å². The van der Waals surface area contributed by atoms with Crippen LogP contribution in [0.3, 0.4) is 0 Å². The molecule has 5 rings (SSSR count). The number of nitrogens with one attached hydrogen (secondary N) is 1. The number of ether oxygens (including phenoxy) is 1. The number of hydroxylamine groups is 3. The first-order valence-corrected chi connectivity index (χ1v) is 9.37. The van der Waals surface area contributed by atoms with Crippen molar-refractivity contribution in [2.24, 2.45) is 11.8 Å². The van der Waals surface area contributed by atoms with Crippen LogP contribution in [0.15, 0.2) is 35.5 Å². The monoisotopic (exact) mass is 356 g/mol. The largest absolute Gasteiger partial charge is 0.633 e. The lowest BCUT2D eigenvalue weighted by atomic mass is 9.60. The van der Waals surface area contributed by atoms with E-state index < -0.39 is 11.5 Å². The summed E-state index contributed by atoms with van der Waals surface area (Å²) >= 11 is 0. The van der Waals surface area contributed by atoms with E-state index >= 15 is 0 Å². The molecule has 0 aromatic heterocycles. The molecule has 1 spiro atoms. The SMILES string of the molecule is COC(=O)C1=C2Nc3ccccc3C23CC[N+]2([O-])CC(C(C)O)C1CC32. The molecule has 2 N–H and O–H groups in total. The van der Waals surface area contributed by atoms with Gasteiger partial charge >= 0.3 is 5.97 Å². The molecule has 3 heterocycles. The summed E-state index contributed by atoms with van der Waals surface area (Å²) in [5.74, 6) is -0.714. The molecule has 26 heavy (non-hydrogen) atoms. The topological polar surface area (TPSA) is 81.6 Å². The average Bonchev–Trinajstić information content (AvgIpc) is 3.14. The number of benzene rings is 1. The van der Waals surface area contributed by atoms with E-state index in [-0.39, 0.29) is 28.5 Å². The van der Waals surface area contributed by atoms with E-state index in [1.807, 2.05) is 18.2 Å². The molecule has 6 unspecified atom stereocenters. The van der Waals surface area contributed by atoms with Crippen molar-refractivity contribution in [2.45, 2.75) is 37.3 Å². The Morgan fingerprint density at radius 2 is 2.23 bits per heavy atom. The Labute approximate surface area is 152 Å². The minimum absolute atomic E-state index is 0.109. The van der Waals surface area contributed by atoms with Crippen molar-refractivity contribution in [3.63, 3.8) is 0 Å². The summed E-state index contributed by atoms with van der Waals surface area (Å²) in [6.07, 6.45) is 0.713. The second-order valence-electron chi connectivity index (χ2n) is 8.29. The van der Waals surface area contributed by atoms with Gasteiger partial charge < -0.3 is 25.0 Å². The fourth-order valence-electron chi connectivity index (χ4n) is 6.25. The van der Waals surface area contributed by atoms with E-state index in [1.54, 1.807) is 6.92 Å². The summed E-state index contributed by atoms with van der Waals surface area (Å²) in [6, 6.07) is 7.96. The van der Waals surface area contributed by atoms with Gasteiger partial charge in [-0.2, -0.15) is 0 Å². The zero-order chi connectivity index (χ0) is 18.3. The number of hydrogen-bond acceptors (Lipinski definition) is 5. The Morgan fingerprint density at radius 3 is 2.96 bits per heavy atom. The highest BCUT2D eigenvalue weighted by atomic mass is 16.6. The minimum atomic E-state index is -0.637. The molecule has 6 heteroatoms. The second-order valence-corrected chi connectivity index (χ2v) is 8.29. The van der Waals surface area contributed by atoms with Crippen LogP contribution in [0.5, 0.6) is 0 Å². The predicted octanol–water partition coefficient (Wildman–Crippen LogP) is 1.89. The normalized spacial score (nSPS) is 40.5. The zero-order valence-electron chi connectivity index (χ0n) is 15.1. The van der Waals surface area contributed by atoms with Gasteiger partial charge in [0, 0.05) is 36.1 Å². The highest BCUT2D eigenvalue weighted by Crippen LogP contribution is 2.63. The number of para-hydroxylation sites is 1. The fraction of sp³-hybridized carbons (Fsp3) is 0.550. The van der Waals surface area contributed by atoms with Gasteiger partial charge in [0.25, 0.3) is 0 Å². The molecule has 2 bridgehead atoms. The van der Waals surface area contributed by atoms with E-state index in [0.29, 0.717) is 25.1 Å². The molecule has 2 saturated heterocycles. The first kappa shape index (κ1) is 16.3. The maximum Gasteiger partial charge on any atom is 0.335 e. The van der Waals surface area contributed by atoms with E-state index in [0.717, 1.165) is 23.4 Å². The number of nitrogens with zero attached hydrogens (tertiary/aromatic N) is 1. The van der Waals surface area contributed by atoms with Crippen LogP contribution in [0, 0.1) is 17.0 Å². The Bertz CT molecular complexity index is 835. The van der Waals surface area contributed by atoms with Gasteiger partial charge in [0.2, 0.25) is 0 Å². The smallest absolute Gasteiger partial charge is 0.335 e. The summed E-state index contributed by atoms with van der Waals surface area (Å²) < 4.78 is 4.88. The van der Waals surface area contributed by atoms with Crippen molar-refractivity contribution in [1.82, 2.24) is 0 Å². The number of carbonyl (C=O) groups is 1. The van der Waals surface area contributed by atoms with Gasteiger partial charge in [-0.3, -0.25) is 0 Å². The summed E-state index contributed by atoms with van der Waals surface area (Å²) in [7, 11) is 1.40. The summed E-state index contributed by atoms with van der Waals surface area (Å²) in [5, 5.41) is 27.6. The van der Waals surface area contributed by atoms with Crippen LogP contribution in [0.1, 0.15) is 25.3 Å². The van der Waals surface area contributed by atoms with E-state index in [9.17, 15) is 15.1 Å². The fourth-order valence-corrected chi connectivity index (χ4v) is 6.25. The third-order valence-electron chi connectivity index (χ3n) is 7.31. The number of piperidine rings is 1. The van der Waals surface area contributed by atoms with Gasteiger partial charge in [-0.15, -0.1) is 0 Å². The first-order chi connectivity index (χ1) is 12.4. The summed E-state index contributed by atoms with van der Waals surface area (Å²) in [4.78, 5) is 12.8. The number of rotatable bonds is 2. The van der Waals surface area contributed by atoms with Crippen LogP contribution in [-0.2, 0) is 14.9 Å². The molecule has 4 aliphatic rings. The lowest BCUT2D eigenvalue weighted by Crippen LogP contribution is -2.64. The van der Waals surface area contributed by atoms with E-state index in [1.165, 1.54) is 7.11 Å². The molecule has 0 radical (unpaired) electrons. The lowest BCUT2D eigenvalue weighted by molar-refractivity contribution is -0.905. The van der Waals surface area contributed by atoms with E-state index in [2.05, 4.69) is 11.4 Å². The average molecular weight is 356 g/mol. The second kappa shape index (κ2) is 5.09. The number of hydrogen-bond donors (Lipinski definition) is 2. The number of aliphatic hydroxyl groups excluding tert-OH is 1. The molecule has 0 saturated carbocycles. The Morgan fingerprint density at radius 1 is 1.46 bits per heavy atom. The van der Waals surface area contributed by atoms with Crippen molar-refractivity contribution >= 4 is 11.7 Å². The molecular formula is C20H24N2O4. The van der Waals surface area contributed by atoms with Gasteiger partial charge in [0.15, 0.2) is 0 Å². The number of esters is 1. The zero-order valence-corrected chi connectivity index (χ0v) is 15.1. The Kier molecular flexibility index (Phi) is 3.19. The maximum atomic E-state index is 13.7. The van der Waals surface area contributed by atoms with Gasteiger partial charge in [-0.25, -0.2) is 4.79 Å². The molecule has 6 atom stereocenters. The number of methoxy groups -OCH3 is 1. The molecule has 1 aromatic carbocycles. The molecule has 3 aliphatic heterocycles. The number of carbonyl (C=O) groups excluding carboxylic acids is 1. The van der Waals surface area contributed by atoms with Gasteiger partial charge in [-0.1, -0.05) is 18.2 Å². The van der Waals surface area contributed by atoms with Crippen molar-refractivity contribution in [3.8, 4) is 0 Å². The van der Waals surface area contributed by atoms with Crippen LogP contribution in [0.4, 0.5) is 5.69 Å². The highest BCUT2D eigenvalue weighted by molar-refractivity contribution is 5.93. The Hall–Kier alpha value is -1.89. The standard InChI is InChI=1S/C20H24N2O4/c1-11(23)13-10-22(25)8-7-20-14-5-3-4-6-15(14)21-18(20)17(19(24)26-2)12(13)9-16(20)22/h3-6,11-13,16,21,23H,7-10H2,1-2H3. The van der Waals surface area contributed by atoms with Gasteiger partial charge in [0.05, 0.1) is 37.3 Å².